The van der Waals surface area contributed by atoms with E-state index in [2.05, 4.69) is 4.74 Å². The number of carbonyl (C=O) groups excluding carboxylic acids is 1. The molecule has 1 saturated heterocycles. The lowest BCUT2D eigenvalue weighted by atomic mass is 10.1. The summed E-state index contributed by atoms with van der Waals surface area (Å²) in [5.41, 5.74) is 0. The van der Waals surface area contributed by atoms with Gasteiger partial charge in [0.15, 0.2) is 0 Å². The summed E-state index contributed by atoms with van der Waals surface area (Å²) in [6.45, 7) is 3.74. The highest BCUT2D eigenvalue weighted by Gasteiger charge is 2.31. The summed E-state index contributed by atoms with van der Waals surface area (Å²) in [4.78, 5) is 10.5. The minimum atomic E-state index is -1.10. The smallest absolute Gasteiger partial charge is 0.334 e. The number of ether oxygens (including phenoxy) is 2. The first-order chi connectivity index (χ1) is 5.11. The molecular formula is C7H12O4. The van der Waals surface area contributed by atoms with Crippen molar-refractivity contribution in [3.05, 3.63) is 0 Å². The van der Waals surface area contributed by atoms with Gasteiger partial charge in [-0.3, -0.25) is 0 Å². The molecule has 0 saturated carbocycles. The summed E-state index contributed by atoms with van der Waals surface area (Å²) in [6, 6.07) is 0. The van der Waals surface area contributed by atoms with Gasteiger partial charge in [0.25, 0.3) is 0 Å². The molecule has 4 nitrogen and oxygen atoms in total. The standard InChI is InChI=1S/C7H12O4/c1-4(2)6-7(9)11-5(8)3-10-6/h4,6-7,9H,3H2,1-2H3. The molecule has 4 heteroatoms. The van der Waals surface area contributed by atoms with E-state index in [4.69, 9.17) is 9.84 Å². The Balaban J connectivity index is 2.50. The summed E-state index contributed by atoms with van der Waals surface area (Å²) in [5.74, 6) is -0.354. The second-order valence-electron chi connectivity index (χ2n) is 2.90. The molecule has 0 aromatic heterocycles. The Bertz CT molecular complexity index is 155. The van der Waals surface area contributed by atoms with Crippen LogP contribution >= 0.6 is 0 Å². The van der Waals surface area contributed by atoms with Gasteiger partial charge in [0.05, 0.1) is 0 Å². The van der Waals surface area contributed by atoms with Gasteiger partial charge in [-0.25, -0.2) is 4.79 Å². The van der Waals surface area contributed by atoms with Crippen LogP contribution in [0.15, 0.2) is 0 Å². The highest BCUT2D eigenvalue weighted by atomic mass is 16.7. The second kappa shape index (κ2) is 3.19. The second-order valence-corrected chi connectivity index (χ2v) is 2.90. The molecule has 0 amide bonds. The Morgan fingerprint density at radius 3 is 2.73 bits per heavy atom. The lowest BCUT2D eigenvalue weighted by Crippen LogP contribution is -2.43. The fourth-order valence-corrected chi connectivity index (χ4v) is 1.00. The van der Waals surface area contributed by atoms with Gasteiger partial charge in [-0.1, -0.05) is 13.8 Å². The van der Waals surface area contributed by atoms with E-state index >= 15 is 0 Å². The fraction of sp³-hybridized carbons (Fsp3) is 0.857. The first-order valence-electron chi connectivity index (χ1n) is 3.60. The maximum Gasteiger partial charge on any atom is 0.334 e. The van der Waals surface area contributed by atoms with Crippen molar-refractivity contribution < 1.29 is 19.4 Å². The normalized spacial score (nSPS) is 32.2. The molecule has 11 heavy (non-hydrogen) atoms. The maximum atomic E-state index is 10.5. The lowest BCUT2D eigenvalue weighted by Gasteiger charge is -2.29. The fourth-order valence-electron chi connectivity index (χ4n) is 1.00. The number of hydrogen-bond donors (Lipinski definition) is 1. The summed E-state index contributed by atoms with van der Waals surface area (Å²) in [5, 5.41) is 9.14. The molecule has 1 rings (SSSR count). The molecule has 0 aromatic rings. The summed E-state index contributed by atoms with van der Waals surface area (Å²) in [7, 11) is 0. The zero-order valence-electron chi connectivity index (χ0n) is 6.61. The van der Waals surface area contributed by atoms with Crippen molar-refractivity contribution in [3.8, 4) is 0 Å². The summed E-state index contributed by atoms with van der Waals surface area (Å²) >= 11 is 0. The first kappa shape index (κ1) is 8.49. The average Bonchev–Trinajstić information content (AvgIpc) is 1.85. The van der Waals surface area contributed by atoms with E-state index in [1.54, 1.807) is 0 Å². The van der Waals surface area contributed by atoms with Crippen LogP contribution in [0.25, 0.3) is 0 Å². The molecule has 0 bridgehead atoms. The maximum absolute atomic E-state index is 10.5. The number of aliphatic hydroxyl groups is 1. The number of aliphatic hydroxyl groups excluding tert-OH is 1. The summed E-state index contributed by atoms with van der Waals surface area (Å²) < 4.78 is 9.59. The SMILES string of the molecule is CC(C)C1OCC(=O)OC1O. The Kier molecular flexibility index (Phi) is 2.46. The third-order valence-electron chi connectivity index (χ3n) is 1.58. The van der Waals surface area contributed by atoms with Crippen LogP contribution in [0.1, 0.15) is 13.8 Å². The minimum absolute atomic E-state index is 0.0556. The van der Waals surface area contributed by atoms with Gasteiger partial charge in [0, 0.05) is 0 Å². The van der Waals surface area contributed by atoms with Gasteiger partial charge in [-0.2, -0.15) is 0 Å². The molecule has 64 valence electrons. The lowest BCUT2D eigenvalue weighted by molar-refractivity contribution is -0.231. The van der Waals surface area contributed by atoms with E-state index in [1.165, 1.54) is 0 Å². The highest BCUT2D eigenvalue weighted by molar-refractivity contribution is 5.71. The van der Waals surface area contributed by atoms with Crippen molar-refractivity contribution >= 4 is 5.97 Å². The topological polar surface area (TPSA) is 55.8 Å². The Labute approximate surface area is 65.1 Å². The van der Waals surface area contributed by atoms with Gasteiger partial charge >= 0.3 is 5.97 Å². The Morgan fingerprint density at radius 2 is 2.27 bits per heavy atom. The van der Waals surface area contributed by atoms with Gasteiger partial charge in [0.2, 0.25) is 6.29 Å². The molecule has 1 fully saturated rings. The molecule has 0 aliphatic carbocycles. The molecule has 0 spiro atoms. The van der Waals surface area contributed by atoms with Crippen molar-refractivity contribution in [1.29, 1.82) is 0 Å². The third kappa shape index (κ3) is 1.91. The summed E-state index contributed by atoms with van der Waals surface area (Å²) in [6.07, 6.45) is -1.48. The van der Waals surface area contributed by atoms with Gasteiger partial charge < -0.3 is 14.6 Å². The Hall–Kier alpha value is -0.610. The van der Waals surface area contributed by atoms with Crippen molar-refractivity contribution in [1.82, 2.24) is 0 Å². The van der Waals surface area contributed by atoms with E-state index < -0.39 is 12.3 Å². The molecule has 2 unspecified atom stereocenters. The number of rotatable bonds is 1. The largest absolute Gasteiger partial charge is 0.431 e. The highest BCUT2D eigenvalue weighted by Crippen LogP contribution is 2.16. The van der Waals surface area contributed by atoms with E-state index in [0.717, 1.165) is 0 Å². The zero-order chi connectivity index (χ0) is 8.43. The molecular weight excluding hydrogens is 148 g/mol. The van der Waals surface area contributed by atoms with E-state index in [9.17, 15) is 4.79 Å². The van der Waals surface area contributed by atoms with Crippen molar-refractivity contribution in [2.75, 3.05) is 6.61 Å². The van der Waals surface area contributed by atoms with Crippen LogP contribution in [0.5, 0.6) is 0 Å². The third-order valence-corrected chi connectivity index (χ3v) is 1.58. The molecule has 1 N–H and O–H groups in total. The number of carbonyl (C=O) groups is 1. The van der Waals surface area contributed by atoms with Crippen molar-refractivity contribution in [2.45, 2.75) is 26.2 Å². The molecule has 0 radical (unpaired) electrons. The molecule has 2 atom stereocenters. The molecule has 1 aliphatic rings. The predicted molar refractivity (Wildman–Crippen MR) is 36.7 cm³/mol. The van der Waals surface area contributed by atoms with E-state index in [-0.39, 0.29) is 18.6 Å². The van der Waals surface area contributed by atoms with Crippen LogP contribution in [0.3, 0.4) is 0 Å². The van der Waals surface area contributed by atoms with Gasteiger partial charge in [-0.15, -0.1) is 0 Å². The Morgan fingerprint density at radius 1 is 1.64 bits per heavy atom. The van der Waals surface area contributed by atoms with Gasteiger partial charge in [0.1, 0.15) is 12.7 Å². The molecule has 1 heterocycles. The van der Waals surface area contributed by atoms with Crippen LogP contribution in [-0.4, -0.2) is 30.1 Å². The van der Waals surface area contributed by atoms with Crippen LogP contribution in [0.4, 0.5) is 0 Å². The predicted octanol–water partition coefficient (Wildman–Crippen LogP) is -0.0972. The molecule has 0 aromatic carbocycles. The van der Waals surface area contributed by atoms with Crippen LogP contribution in [0, 0.1) is 5.92 Å². The minimum Gasteiger partial charge on any atom is -0.431 e. The van der Waals surface area contributed by atoms with Crippen LogP contribution in [0.2, 0.25) is 0 Å². The van der Waals surface area contributed by atoms with Crippen molar-refractivity contribution in [3.63, 3.8) is 0 Å². The van der Waals surface area contributed by atoms with E-state index in [1.807, 2.05) is 13.8 Å². The van der Waals surface area contributed by atoms with Crippen LogP contribution in [-0.2, 0) is 14.3 Å². The monoisotopic (exact) mass is 160 g/mol. The average molecular weight is 160 g/mol. The number of esters is 1. The van der Waals surface area contributed by atoms with Gasteiger partial charge in [-0.05, 0) is 5.92 Å². The van der Waals surface area contributed by atoms with Crippen LogP contribution < -0.4 is 0 Å². The molecule has 1 aliphatic heterocycles. The van der Waals surface area contributed by atoms with E-state index in [0.29, 0.717) is 0 Å². The number of cyclic esters (lactones) is 1. The quantitative estimate of drug-likeness (QED) is 0.544. The zero-order valence-corrected chi connectivity index (χ0v) is 6.61. The number of hydrogen-bond acceptors (Lipinski definition) is 4. The first-order valence-corrected chi connectivity index (χ1v) is 3.60. The van der Waals surface area contributed by atoms with Crippen molar-refractivity contribution in [2.24, 2.45) is 5.92 Å².